The summed E-state index contributed by atoms with van der Waals surface area (Å²) in [5.41, 5.74) is 7.58. The molecule has 1 atom stereocenters. The minimum absolute atomic E-state index is 0.172. The molecule has 0 saturated carbocycles. The lowest BCUT2D eigenvalue weighted by atomic mass is 10.1. The van der Waals surface area contributed by atoms with Crippen LogP contribution in [-0.2, 0) is 16.4 Å². The van der Waals surface area contributed by atoms with E-state index in [0.29, 0.717) is 17.3 Å². The predicted molar refractivity (Wildman–Crippen MR) is 93.3 cm³/mol. The zero-order chi connectivity index (χ0) is 15.5. The lowest BCUT2D eigenvalue weighted by molar-refractivity contribution is 0.261. The second-order valence-corrected chi connectivity index (χ2v) is 9.01. The molecule has 4 nitrogen and oxygen atoms in total. The molecule has 7 heteroatoms. The molecule has 2 N–H and O–H groups in total. The Hall–Kier alpha value is -0.630. The molecule has 116 valence electrons. The van der Waals surface area contributed by atoms with Crippen molar-refractivity contribution in [1.29, 1.82) is 0 Å². The Labute approximate surface area is 136 Å². The van der Waals surface area contributed by atoms with Crippen molar-refractivity contribution in [2.75, 3.05) is 23.8 Å². The van der Waals surface area contributed by atoms with E-state index in [1.807, 2.05) is 29.2 Å². The summed E-state index contributed by atoms with van der Waals surface area (Å²) in [4.78, 5) is 2.39. The molecule has 0 amide bonds. The average Bonchev–Trinajstić information content (AvgIpc) is 2.48. The van der Waals surface area contributed by atoms with Crippen molar-refractivity contribution < 1.29 is 8.42 Å². The highest BCUT2D eigenvalue weighted by Crippen LogP contribution is 2.24. The molecular formula is C14H20N2O2S3. The molecule has 1 unspecified atom stereocenters. The monoisotopic (exact) mass is 344 g/mol. The minimum atomic E-state index is -3.08. The van der Waals surface area contributed by atoms with Gasteiger partial charge in [-0.2, -0.15) is 11.8 Å². The van der Waals surface area contributed by atoms with Crippen LogP contribution in [0.4, 0.5) is 0 Å². The fourth-order valence-electron chi connectivity index (χ4n) is 2.44. The van der Waals surface area contributed by atoms with Gasteiger partial charge in [0, 0.05) is 35.9 Å². The van der Waals surface area contributed by atoms with E-state index in [-0.39, 0.29) is 5.75 Å². The highest BCUT2D eigenvalue weighted by molar-refractivity contribution is 8.01. The van der Waals surface area contributed by atoms with Gasteiger partial charge < -0.3 is 5.73 Å². The van der Waals surface area contributed by atoms with Crippen LogP contribution in [0.3, 0.4) is 0 Å². The molecular weight excluding hydrogens is 324 g/mol. The number of rotatable bonds is 5. The third-order valence-corrected chi connectivity index (χ3v) is 7.22. The van der Waals surface area contributed by atoms with Gasteiger partial charge >= 0.3 is 0 Å². The van der Waals surface area contributed by atoms with Crippen molar-refractivity contribution in [2.24, 2.45) is 5.73 Å². The number of hydrogen-bond donors (Lipinski definition) is 1. The summed E-state index contributed by atoms with van der Waals surface area (Å²) in [7, 11) is -3.08. The lowest BCUT2D eigenvalue weighted by Crippen LogP contribution is -2.47. The van der Waals surface area contributed by atoms with Crippen LogP contribution in [0.2, 0.25) is 0 Å². The topological polar surface area (TPSA) is 63.4 Å². The van der Waals surface area contributed by atoms with Gasteiger partial charge in [0.05, 0.1) is 0 Å². The van der Waals surface area contributed by atoms with Gasteiger partial charge in [-0.1, -0.05) is 43.4 Å². The molecule has 0 aliphatic carbocycles. The van der Waals surface area contributed by atoms with Crippen molar-refractivity contribution in [3.63, 3.8) is 0 Å². The van der Waals surface area contributed by atoms with E-state index in [4.69, 9.17) is 18.0 Å². The summed E-state index contributed by atoms with van der Waals surface area (Å²) in [5.74, 6) is 1.75. The molecule has 0 bridgehead atoms. The van der Waals surface area contributed by atoms with Crippen LogP contribution >= 0.6 is 24.0 Å². The summed E-state index contributed by atoms with van der Waals surface area (Å²) < 4.78 is 24.5. The quantitative estimate of drug-likeness (QED) is 0.819. The second-order valence-electron chi connectivity index (χ2n) is 4.97. The third kappa shape index (κ3) is 3.97. The Morgan fingerprint density at radius 1 is 1.48 bits per heavy atom. The summed E-state index contributed by atoms with van der Waals surface area (Å²) >= 11 is 6.78. The molecule has 1 fully saturated rings. The molecule has 1 aromatic carbocycles. The van der Waals surface area contributed by atoms with Gasteiger partial charge in [-0.3, -0.25) is 4.90 Å². The number of benzene rings is 1. The van der Waals surface area contributed by atoms with Gasteiger partial charge in [-0.15, -0.1) is 0 Å². The van der Waals surface area contributed by atoms with Crippen LogP contribution in [-0.4, -0.2) is 47.5 Å². The summed E-state index contributed by atoms with van der Waals surface area (Å²) in [6.45, 7) is 3.04. The highest BCUT2D eigenvalue weighted by atomic mass is 32.2. The second kappa shape index (κ2) is 7.09. The Kier molecular flexibility index (Phi) is 5.65. The first kappa shape index (κ1) is 16.7. The number of thioether (sulfide) groups is 1. The SMILES string of the molecule is CCS(=O)(=O)C1CSCCN1Cc1ccccc1C(N)=S. The lowest BCUT2D eigenvalue weighted by Gasteiger charge is -2.35. The van der Waals surface area contributed by atoms with E-state index >= 15 is 0 Å². The van der Waals surface area contributed by atoms with Crippen LogP contribution < -0.4 is 5.73 Å². The van der Waals surface area contributed by atoms with Crippen molar-refractivity contribution >= 4 is 38.8 Å². The van der Waals surface area contributed by atoms with E-state index in [2.05, 4.69) is 0 Å². The molecule has 1 aliphatic rings. The molecule has 2 rings (SSSR count). The largest absolute Gasteiger partial charge is 0.389 e. The maximum Gasteiger partial charge on any atom is 0.166 e. The molecule has 1 saturated heterocycles. The maximum absolute atomic E-state index is 12.3. The van der Waals surface area contributed by atoms with Crippen molar-refractivity contribution in [3.05, 3.63) is 35.4 Å². The fourth-order valence-corrected chi connectivity index (χ4v) is 5.72. The van der Waals surface area contributed by atoms with Gasteiger partial charge in [0.2, 0.25) is 0 Å². The average molecular weight is 345 g/mol. The molecule has 1 aromatic rings. The predicted octanol–water partition coefficient (Wildman–Crippen LogP) is 1.63. The van der Waals surface area contributed by atoms with Gasteiger partial charge in [0.25, 0.3) is 0 Å². The number of sulfone groups is 1. The molecule has 0 radical (unpaired) electrons. The molecule has 21 heavy (non-hydrogen) atoms. The van der Waals surface area contributed by atoms with E-state index in [9.17, 15) is 8.42 Å². The molecule has 0 spiro atoms. The summed E-state index contributed by atoms with van der Waals surface area (Å²) in [6.07, 6.45) is 0. The zero-order valence-electron chi connectivity index (χ0n) is 12.0. The standard InChI is InChI=1S/C14H20N2O2S3/c1-2-21(17,18)13-10-20-8-7-16(13)9-11-5-3-4-6-12(11)14(15)19/h3-6,13H,2,7-10H2,1H3,(H2,15,19). The van der Waals surface area contributed by atoms with E-state index < -0.39 is 15.2 Å². The molecule has 1 heterocycles. The van der Waals surface area contributed by atoms with Gasteiger partial charge in [-0.25, -0.2) is 8.42 Å². The number of nitrogens with two attached hydrogens (primary N) is 1. The Morgan fingerprint density at radius 3 is 2.86 bits per heavy atom. The van der Waals surface area contributed by atoms with Crippen molar-refractivity contribution in [3.8, 4) is 0 Å². The van der Waals surface area contributed by atoms with Crippen LogP contribution in [0.1, 0.15) is 18.1 Å². The minimum Gasteiger partial charge on any atom is -0.389 e. The van der Waals surface area contributed by atoms with Gasteiger partial charge in [0.15, 0.2) is 9.84 Å². The zero-order valence-corrected chi connectivity index (χ0v) is 14.4. The smallest absolute Gasteiger partial charge is 0.166 e. The first-order valence-corrected chi connectivity index (χ1v) is 10.1. The Bertz CT molecular complexity index is 616. The molecule has 0 aromatic heterocycles. The first-order chi connectivity index (χ1) is 9.95. The highest BCUT2D eigenvalue weighted by Gasteiger charge is 2.32. The normalized spacial score (nSPS) is 20.3. The van der Waals surface area contributed by atoms with Crippen molar-refractivity contribution in [1.82, 2.24) is 4.90 Å². The van der Waals surface area contributed by atoms with Crippen LogP contribution in [0.5, 0.6) is 0 Å². The van der Waals surface area contributed by atoms with E-state index in [1.54, 1.807) is 18.7 Å². The van der Waals surface area contributed by atoms with E-state index in [1.165, 1.54) is 0 Å². The Balaban J connectivity index is 2.26. The number of hydrogen-bond acceptors (Lipinski definition) is 5. The maximum atomic E-state index is 12.3. The van der Waals surface area contributed by atoms with E-state index in [0.717, 1.165) is 23.4 Å². The number of nitrogens with zero attached hydrogens (tertiary/aromatic N) is 1. The Morgan fingerprint density at radius 2 is 2.19 bits per heavy atom. The van der Waals surface area contributed by atoms with Crippen molar-refractivity contribution in [2.45, 2.75) is 18.8 Å². The van der Waals surface area contributed by atoms with Crippen LogP contribution in [0.15, 0.2) is 24.3 Å². The fraction of sp³-hybridized carbons (Fsp3) is 0.500. The summed E-state index contributed by atoms with van der Waals surface area (Å²) in [6, 6.07) is 7.68. The molecule has 1 aliphatic heterocycles. The number of thiocarbonyl (C=S) groups is 1. The van der Waals surface area contributed by atoms with Crippen LogP contribution in [0.25, 0.3) is 0 Å². The van der Waals surface area contributed by atoms with Gasteiger partial charge in [0.1, 0.15) is 10.4 Å². The third-order valence-electron chi connectivity index (χ3n) is 3.66. The van der Waals surface area contributed by atoms with Gasteiger partial charge in [-0.05, 0) is 5.56 Å². The summed E-state index contributed by atoms with van der Waals surface area (Å²) in [5, 5.41) is -0.416. The first-order valence-electron chi connectivity index (χ1n) is 6.86. The van der Waals surface area contributed by atoms with Crippen LogP contribution in [0, 0.1) is 0 Å².